The molecule has 20 heavy (non-hydrogen) atoms. The van der Waals surface area contributed by atoms with E-state index in [0.29, 0.717) is 6.07 Å². The smallest absolute Gasteiger partial charge is 0.307 e. The first-order chi connectivity index (χ1) is 9.27. The van der Waals surface area contributed by atoms with E-state index in [4.69, 9.17) is 0 Å². The van der Waals surface area contributed by atoms with Crippen LogP contribution in [0.1, 0.15) is 13.3 Å². The molecule has 9 heteroatoms. The Bertz CT molecular complexity index is 583. The molecule has 1 rings (SSSR count). The number of hydrogen-bond acceptors (Lipinski definition) is 4. The van der Waals surface area contributed by atoms with Crippen LogP contribution in [-0.4, -0.2) is 27.5 Å². The second-order valence-corrected chi connectivity index (χ2v) is 6.21. The van der Waals surface area contributed by atoms with Crippen LogP contribution in [0.15, 0.2) is 21.5 Å². The second-order valence-electron chi connectivity index (χ2n) is 3.65. The normalized spacial score (nSPS) is 11.4. The number of benzene rings is 1. The highest BCUT2D eigenvalue weighted by atomic mass is 79.9. The van der Waals surface area contributed by atoms with Gasteiger partial charge < -0.3 is 4.74 Å². The van der Waals surface area contributed by atoms with Crippen LogP contribution in [0, 0.1) is 11.6 Å². The summed E-state index contributed by atoms with van der Waals surface area (Å²) in [5, 5.41) is 0. The highest BCUT2D eigenvalue weighted by Crippen LogP contribution is 2.25. The maximum atomic E-state index is 13.5. The summed E-state index contributed by atoms with van der Waals surface area (Å²) in [5.74, 6) is -2.70. The number of nitrogens with one attached hydrogen (secondary N) is 1. The lowest BCUT2D eigenvalue weighted by Gasteiger charge is -2.09. The highest BCUT2D eigenvalue weighted by Gasteiger charge is 2.23. The molecular formula is C11H12BrF2NO4S. The van der Waals surface area contributed by atoms with Gasteiger partial charge in [0.15, 0.2) is 0 Å². The van der Waals surface area contributed by atoms with Crippen LogP contribution in [0.5, 0.6) is 0 Å². The summed E-state index contributed by atoms with van der Waals surface area (Å²) in [6, 6.07) is 1.30. The van der Waals surface area contributed by atoms with Crippen molar-refractivity contribution in [3.63, 3.8) is 0 Å². The van der Waals surface area contributed by atoms with E-state index in [1.54, 1.807) is 6.92 Å². The molecule has 0 radical (unpaired) electrons. The van der Waals surface area contributed by atoms with Gasteiger partial charge in [-0.25, -0.2) is 21.9 Å². The van der Waals surface area contributed by atoms with Crippen LogP contribution in [0.4, 0.5) is 8.78 Å². The lowest BCUT2D eigenvalue weighted by Crippen LogP contribution is -2.28. The molecule has 0 unspecified atom stereocenters. The minimum atomic E-state index is -4.20. The summed E-state index contributed by atoms with van der Waals surface area (Å²) in [6.45, 7) is 1.56. The molecule has 0 aromatic heterocycles. The Morgan fingerprint density at radius 3 is 2.60 bits per heavy atom. The van der Waals surface area contributed by atoms with Crippen molar-refractivity contribution in [1.29, 1.82) is 0 Å². The largest absolute Gasteiger partial charge is 0.466 e. The molecule has 1 aromatic rings. The van der Waals surface area contributed by atoms with E-state index < -0.39 is 32.5 Å². The van der Waals surface area contributed by atoms with Crippen LogP contribution in [0.3, 0.4) is 0 Å². The Morgan fingerprint density at radius 2 is 2.05 bits per heavy atom. The third kappa shape index (κ3) is 4.50. The van der Waals surface area contributed by atoms with Crippen molar-refractivity contribution in [1.82, 2.24) is 4.72 Å². The van der Waals surface area contributed by atoms with Gasteiger partial charge in [0, 0.05) is 17.1 Å². The summed E-state index contributed by atoms with van der Waals surface area (Å²) in [7, 11) is -4.20. The predicted octanol–water partition coefficient (Wildman–Crippen LogP) is 1.96. The molecule has 0 aliphatic rings. The second kappa shape index (κ2) is 7.09. The zero-order chi connectivity index (χ0) is 15.3. The van der Waals surface area contributed by atoms with Crippen molar-refractivity contribution < 1.29 is 26.7 Å². The summed E-state index contributed by atoms with van der Waals surface area (Å²) in [4.78, 5) is 10.3. The van der Waals surface area contributed by atoms with Crippen molar-refractivity contribution in [2.45, 2.75) is 18.2 Å². The lowest BCUT2D eigenvalue weighted by molar-refractivity contribution is -0.142. The van der Waals surface area contributed by atoms with E-state index in [-0.39, 0.29) is 24.0 Å². The van der Waals surface area contributed by atoms with E-state index in [9.17, 15) is 22.0 Å². The first-order valence-corrected chi connectivity index (χ1v) is 7.85. The molecule has 0 atom stereocenters. The molecule has 0 bridgehead atoms. The van der Waals surface area contributed by atoms with Crippen LogP contribution in [-0.2, 0) is 19.6 Å². The Kier molecular flexibility index (Phi) is 6.03. The van der Waals surface area contributed by atoms with Crippen LogP contribution in [0.2, 0.25) is 0 Å². The Hall–Kier alpha value is -1.06. The zero-order valence-electron chi connectivity index (χ0n) is 10.5. The van der Waals surface area contributed by atoms with E-state index in [1.165, 1.54) is 0 Å². The van der Waals surface area contributed by atoms with Gasteiger partial charge in [0.25, 0.3) is 0 Å². The first kappa shape index (κ1) is 17.0. The topological polar surface area (TPSA) is 72.5 Å². The van der Waals surface area contributed by atoms with Gasteiger partial charge in [-0.1, -0.05) is 0 Å². The number of halogens is 3. The predicted molar refractivity (Wildman–Crippen MR) is 70.5 cm³/mol. The molecular weight excluding hydrogens is 360 g/mol. The maximum Gasteiger partial charge on any atom is 0.307 e. The lowest BCUT2D eigenvalue weighted by atomic mass is 10.3. The summed E-state index contributed by atoms with van der Waals surface area (Å²) < 4.78 is 56.6. The maximum absolute atomic E-state index is 13.5. The molecule has 0 amide bonds. The SMILES string of the molecule is CCOC(=O)CCNS(=O)(=O)c1c(F)cc(F)cc1Br. The minimum Gasteiger partial charge on any atom is -0.466 e. The molecule has 1 aromatic carbocycles. The van der Waals surface area contributed by atoms with Gasteiger partial charge in [0.2, 0.25) is 10.0 Å². The molecule has 112 valence electrons. The fourth-order valence-electron chi connectivity index (χ4n) is 1.38. The molecule has 0 saturated heterocycles. The Labute approximate surface area is 123 Å². The monoisotopic (exact) mass is 371 g/mol. The molecule has 0 heterocycles. The number of hydrogen-bond donors (Lipinski definition) is 1. The van der Waals surface area contributed by atoms with Gasteiger partial charge in [-0.05, 0) is 28.9 Å². The van der Waals surface area contributed by atoms with Gasteiger partial charge in [-0.3, -0.25) is 4.79 Å². The number of rotatable bonds is 6. The standard InChI is InChI=1S/C11H12BrF2NO4S/c1-2-19-10(16)3-4-15-20(17,18)11-8(12)5-7(13)6-9(11)14/h5-6,15H,2-4H2,1H3. The van der Waals surface area contributed by atoms with Crippen LogP contribution >= 0.6 is 15.9 Å². The zero-order valence-corrected chi connectivity index (χ0v) is 12.9. The number of ether oxygens (including phenoxy) is 1. The third-order valence-corrected chi connectivity index (χ3v) is 4.58. The van der Waals surface area contributed by atoms with Gasteiger partial charge in [0.05, 0.1) is 13.0 Å². The summed E-state index contributed by atoms with van der Waals surface area (Å²) >= 11 is 2.79. The molecule has 1 N–H and O–H groups in total. The fraction of sp³-hybridized carbons (Fsp3) is 0.364. The number of esters is 1. The third-order valence-electron chi connectivity index (χ3n) is 2.16. The van der Waals surface area contributed by atoms with E-state index in [1.807, 2.05) is 4.72 Å². The quantitative estimate of drug-likeness (QED) is 0.775. The first-order valence-electron chi connectivity index (χ1n) is 5.57. The van der Waals surface area contributed by atoms with Crippen molar-refractivity contribution in [3.05, 3.63) is 28.2 Å². The van der Waals surface area contributed by atoms with Crippen molar-refractivity contribution >= 4 is 31.9 Å². The van der Waals surface area contributed by atoms with Gasteiger partial charge in [0.1, 0.15) is 16.5 Å². The van der Waals surface area contributed by atoms with E-state index >= 15 is 0 Å². The molecule has 0 aliphatic heterocycles. The van der Waals surface area contributed by atoms with Gasteiger partial charge in [-0.2, -0.15) is 0 Å². The molecule has 0 spiro atoms. The Morgan fingerprint density at radius 1 is 1.40 bits per heavy atom. The number of carbonyl (C=O) groups is 1. The molecule has 5 nitrogen and oxygen atoms in total. The molecule has 0 aliphatic carbocycles. The average molecular weight is 372 g/mol. The number of sulfonamides is 1. The molecule has 0 fully saturated rings. The Balaban J connectivity index is 2.82. The minimum absolute atomic E-state index is 0.184. The van der Waals surface area contributed by atoms with Gasteiger partial charge >= 0.3 is 5.97 Å². The van der Waals surface area contributed by atoms with Crippen LogP contribution in [0.25, 0.3) is 0 Å². The van der Waals surface area contributed by atoms with E-state index in [2.05, 4.69) is 20.7 Å². The summed E-state index contributed by atoms with van der Waals surface area (Å²) in [6.07, 6.45) is -0.187. The van der Waals surface area contributed by atoms with Crippen molar-refractivity contribution in [2.24, 2.45) is 0 Å². The van der Waals surface area contributed by atoms with Crippen molar-refractivity contribution in [3.8, 4) is 0 Å². The van der Waals surface area contributed by atoms with E-state index in [0.717, 1.165) is 6.07 Å². The molecule has 0 saturated carbocycles. The average Bonchev–Trinajstić information content (AvgIpc) is 2.26. The van der Waals surface area contributed by atoms with Crippen molar-refractivity contribution in [2.75, 3.05) is 13.2 Å². The van der Waals surface area contributed by atoms with Crippen LogP contribution < -0.4 is 4.72 Å². The number of carbonyl (C=O) groups excluding carboxylic acids is 1. The highest BCUT2D eigenvalue weighted by molar-refractivity contribution is 9.10. The van der Waals surface area contributed by atoms with Gasteiger partial charge in [-0.15, -0.1) is 0 Å². The summed E-state index contributed by atoms with van der Waals surface area (Å²) in [5.41, 5.74) is 0. The fourth-order valence-corrected chi connectivity index (χ4v) is 3.57.